The van der Waals surface area contributed by atoms with Crippen LogP contribution in [0.15, 0.2) is 48.8 Å². The largest absolute Gasteiger partial charge is 0.355 e. The molecule has 0 aliphatic carbocycles. The van der Waals surface area contributed by atoms with Gasteiger partial charge in [-0.2, -0.15) is 4.52 Å². The van der Waals surface area contributed by atoms with E-state index in [1.807, 2.05) is 35.2 Å². The molecular formula is C21H27N7O. The van der Waals surface area contributed by atoms with E-state index < -0.39 is 0 Å². The van der Waals surface area contributed by atoms with Gasteiger partial charge in [-0.05, 0) is 37.0 Å². The third-order valence-electron chi connectivity index (χ3n) is 5.54. The van der Waals surface area contributed by atoms with Crippen molar-refractivity contribution in [3.8, 4) is 0 Å². The summed E-state index contributed by atoms with van der Waals surface area (Å²) in [6, 6.07) is 14.2. The number of carbonyl (C=O) groups excluding carboxylic acids is 1. The van der Waals surface area contributed by atoms with Crippen molar-refractivity contribution in [1.29, 1.82) is 0 Å². The Morgan fingerprint density at radius 3 is 2.66 bits per heavy atom. The summed E-state index contributed by atoms with van der Waals surface area (Å²) in [5, 5.41) is 12.4. The topological polar surface area (TPSA) is 92.6 Å². The average molecular weight is 393 g/mol. The minimum Gasteiger partial charge on any atom is -0.355 e. The number of hydrogen-bond donors (Lipinski definition) is 1. The van der Waals surface area contributed by atoms with Crippen LogP contribution in [0.5, 0.6) is 0 Å². The second-order valence-electron chi connectivity index (χ2n) is 7.44. The molecular weight excluding hydrogens is 366 g/mol. The minimum absolute atomic E-state index is 0.0483. The molecule has 4 rings (SSSR count). The molecule has 0 radical (unpaired) electrons. The number of fused-ring (bicyclic) bond motifs is 1. The summed E-state index contributed by atoms with van der Waals surface area (Å²) in [5.74, 6) is 1.17. The molecule has 1 aromatic carbocycles. The van der Waals surface area contributed by atoms with Gasteiger partial charge in [-0.15, -0.1) is 15.3 Å². The van der Waals surface area contributed by atoms with E-state index in [4.69, 9.17) is 5.73 Å². The Labute approximate surface area is 170 Å². The number of benzene rings is 1. The van der Waals surface area contributed by atoms with Crippen LogP contribution in [0.4, 0.5) is 5.82 Å². The van der Waals surface area contributed by atoms with Crippen LogP contribution in [0.1, 0.15) is 18.4 Å². The number of piperidine rings is 1. The maximum Gasteiger partial charge on any atom is 0.225 e. The summed E-state index contributed by atoms with van der Waals surface area (Å²) in [6.07, 6.45) is 4.11. The van der Waals surface area contributed by atoms with Crippen LogP contribution in [0.3, 0.4) is 0 Å². The Morgan fingerprint density at radius 1 is 1.10 bits per heavy atom. The van der Waals surface area contributed by atoms with Crippen molar-refractivity contribution in [1.82, 2.24) is 24.7 Å². The molecule has 1 fully saturated rings. The predicted octanol–water partition coefficient (Wildman–Crippen LogP) is 1.37. The maximum absolute atomic E-state index is 13.1. The molecule has 0 atom stereocenters. The monoisotopic (exact) mass is 393 g/mol. The average Bonchev–Trinajstić information content (AvgIpc) is 3.25. The van der Waals surface area contributed by atoms with Crippen LogP contribution in [-0.2, 0) is 11.2 Å². The molecule has 3 aromatic rings. The second kappa shape index (κ2) is 9.00. The van der Waals surface area contributed by atoms with E-state index in [2.05, 4.69) is 32.3 Å². The van der Waals surface area contributed by atoms with E-state index in [-0.39, 0.29) is 11.8 Å². The first-order valence-electron chi connectivity index (χ1n) is 10.2. The van der Waals surface area contributed by atoms with Crippen molar-refractivity contribution in [3.63, 3.8) is 0 Å². The van der Waals surface area contributed by atoms with Gasteiger partial charge in [0.1, 0.15) is 12.1 Å². The van der Waals surface area contributed by atoms with E-state index in [0.29, 0.717) is 19.6 Å². The van der Waals surface area contributed by atoms with Crippen LogP contribution in [0.2, 0.25) is 0 Å². The standard InChI is InChI=1S/C21H27N7O/c22-11-15-27(12-8-17-4-2-1-3-5-17)21(29)18-9-13-26(14-10-18)20-7-6-19-24-23-16-28(19)25-20/h1-7,16,18H,8-15,22H2. The van der Waals surface area contributed by atoms with Gasteiger partial charge in [0.05, 0.1) is 0 Å². The highest BCUT2D eigenvalue weighted by Gasteiger charge is 2.29. The Hall–Kier alpha value is -3.00. The number of nitrogens with two attached hydrogens (primary N) is 1. The van der Waals surface area contributed by atoms with Crippen LogP contribution >= 0.6 is 0 Å². The van der Waals surface area contributed by atoms with Crippen LogP contribution in [-0.4, -0.2) is 63.3 Å². The third-order valence-corrected chi connectivity index (χ3v) is 5.54. The van der Waals surface area contributed by atoms with Gasteiger partial charge in [-0.3, -0.25) is 4.79 Å². The fraction of sp³-hybridized carbons (Fsp3) is 0.429. The second-order valence-corrected chi connectivity index (χ2v) is 7.44. The first-order valence-corrected chi connectivity index (χ1v) is 10.2. The normalized spacial score (nSPS) is 15.0. The number of anilines is 1. The number of rotatable bonds is 7. The highest BCUT2D eigenvalue weighted by atomic mass is 16.2. The van der Waals surface area contributed by atoms with Crippen LogP contribution in [0, 0.1) is 5.92 Å². The van der Waals surface area contributed by atoms with Gasteiger partial charge in [-0.25, -0.2) is 0 Å². The zero-order valence-electron chi connectivity index (χ0n) is 16.5. The zero-order valence-corrected chi connectivity index (χ0v) is 16.5. The van der Waals surface area contributed by atoms with Crippen molar-refractivity contribution in [2.24, 2.45) is 11.7 Å². The number of carbonyl (C=O) groups is 1. The van der Waals surface area contributed by atoms with Gasteiger partial charge in [-0.1, -0.05) is 30.3 Å². The Morgan fingerprint density at radius 2 is 1.90 bits per heavy atom. The molecule has 2 N–H and O–H groups in total. The van der Waals surface area contributed by atoms with Gasteiger partial charge in [0.2, 0.25) is 5.91 Å². The van der Waals surface area contributed by atoms with Crippen molar-refractivity contribution < 1.29 is 4.79 Å². The smallest absolute Gasteiger partial charge is 0.225 e. The van der Waals surface area contributed by atoms with Crippen LogP contribution in [0.25, 0.3) is 5.65 Å². The maximum atomic E-state index is 13.1. The number of aromatic nitrogens is 4. The molecule has 0 bridgehead atoms. The number of hydrogen-bond acceptors (Lipinski definition) is 6. The summed E-state index contributed by atoms with van der Waals surface area (Å²) < 4.78 is 1.68. The SMILES string of the molecule is NCCN(CCc1ccccc1)C(=O)C1CCN(c2ccc3nncn3n2)CC1. The molecule has 8 heteroatoms. The molecule has 1 amide bonds. The fourth-order valence-corrected chi connectivity index (χ4v) is 3.90. The van der Waals surface area contributed by atoms with Gasteiger partial charge in [0, 0.05) is 38.6 Å². The molecule has 1 aliphatic rings. The quantitative estimate of drug-likeness (QED) is 0.652. The lowest BCUT2D eigenvalue weighted by molar-refractivity contribution is -0.136. The summed E-state index contributed by atoms with van der Waals surface area (Å²) in [4.78, 5) is 17.3. The first kappa shape index (κ1) is 19.3. The molecule has 1 aliphatic heterocycles. The Balaban J connectivity index is 1.34. The van der Waals surface area contributed by atoms with E-state index in [9.17, 15) is 4.79 Å². The highest BCUT2D eigenvalue weighted by molar-refractivity contribution is 5.79. The minimum atomic E-state index is 0.0483. The van der Waals surface area contributed by atoms with Gasteiger partial charge < -0.3 is 15.5 Å². The van der Waals surface area contributed by atoms with Gasteiger partial charge >= 0.3 is 0 Å². The Bertz CT molecular complexity index is 934. The summed E-state index contributed by atoms with van der Waals surface area (Å²) in [7, 11) is 0. The molecule has 29 heavy (non-hydrogen) atoms. The molecule has 8 nitrogen and oxygen atoms in total. The molecule has 0 unspecified atom stereocenters. The van der Waals surface area contributed by atoms with E-state index in [1.165, 1.54) is 5.56 Å². The molecule has 152 valence electrons. The molecule has 0 spiro atoms. The number of amides is 1. The fourth-order valence-electron chi connectivity index (χ4n) is 3.90. The lowest BCUT2D eigenvalue weighted by Crippen LogP contribution is -2.45. The van der Waals surface area contributed by atoms with E-state index in [0.717, 1.165) is 43.8 Å². The van der Waals surface area contributed by atoms with E-state index in [1.54, 1.807) is 10.8 Å². The molecule has 2 aromatic heterocycles. The summed E-state index contributed by atoms with van der Waals surface area (Å²) >= 11 is 0. The van der Waals surface area contributed by atoms with Gasteiger partial charge in [0.15, 0.2) is 5.65 Å². The lowest BCUT2D eigenvalue weighted by atomic mass is 9.95. The van der Waals surface area contributed by atoms with Crippen molar-refractivity contribution in [2.75, 3.05) is 37.6 Å². The number of nitrogens with zero attached hydrogens (tertiary/aromatic N) is 6. The highest BCUT2D eigenvalue weighted by Crippen LogP contribution is 2.23. The van der Waals surface area contributed by atoms with Crippen LogP contribution < -0.4 is 10.6 Å². The first-order chi connectivity index (χ1) is 14.2. The predicted molar refractivity (Wildman–Crippen MR) is 111 cm³/mol. The van der Waals surface area contributed by atoms with Crippen molar-refractivity contribution in [2.45, 2.75) is 19.3 Å². The lowest BCUT2D eigenvalue weighted by Gasteiger charge is -2.34. The van der Waals surface area contributed by atoms with Crippen molar-refractivity contribution in [3.05, 3.63) is 54.4 Å². The third kappa shape index (κ3) is 4.54. The summed E-state index contributed by atoms with van der Waals surface area (Å²) in [5.41, 5.74) is 7.75. The molecule has 3 heterocycles. The Kier molecular flexibility index (Phi) is 6.00. The molecule has 0 saturated carbocycles. The zero-order chi connectivity index (χ0) is 20.1. The van der Waals surface area contributed by atoms with Gasteiger partial charge in [0.25, 0.3) is 0 Å². The molecule has 1 saturated heterocycles. The summed E-state index contributed by atoms with van der Waals surface area (Å²) in [6.45, 7) is 3.43. The van der Waals surface area contributed by atoms with Crippen molar-refractivity contribution >= 4 is 17.4 Å². The van der Waals surface area contributed by atoms with E-state index >= 15 is 0 Å².